The van der Waals surface area contributed by atoms with E-state index >= 15 is 0 Å². The lowest BCUT2D eigenvalue weighted by Crippen LogP contribution is -2.32. The van der Waals surface area contributed by atoms with Gasteiger partial charge in [-0.25, -0.2) is 0 Å². The van der Waals surface area contributed by atoms with E-state index in [0.29, 0.717) is 24.3 Å². The summed E-state index contributed by atoms with van der Waals surface area (Å²) in [6.07, 6.45) is 7.92. The Kier molecular flexibility index (Phi) is 4.96. The van der Waals surface area contributed by atoms with Gasteiger partial charge in [0.1, 0.15) is 10.7 Å². The smallest absolute Gasteiger partial charge is 0.404 e. The molecule has 0 aromatic carbocycles. The van der Waals surface area contributed by atoms with E-state index in [2.05, 4.69) is 12.2 Å². The van der Waals surface area contributed by atoms with Crippen LogP contribution in [0.2, 0.25) is 0 Å². The van der Waals surface area contributed by atoms with Crippen LogP contribution in [-0.4, -0.2) is 11.0 Å². The van der Waals surface area contributed by atoms with Crippen molar-refractivity contribution < 1.29 is 9.34 Å². The van der Waals surface area contributed by atoms with Gasteiger partial charge in [0.15, 0.2) is 0 Å². The van der Waals surface area contributed by atoms with Crippen LogP contribution in [0.5, 0.6) is 0 Å². The Morgan fingerprint density at radius 3 is 2.63 bits per heavy atom. The van der Waals surface area contributed by atoms with Gasteiger partial charge >= 0.3 is 5.88 Å². The van der Waals surface area contributed by atoms with Crippen molar-refractivity contribution in [2.45, 2.75) is 58.0 Å². The Morgan fingerprint density at radius 2 is 2.05 bits per heavy atom. The predicted molar refractivity (Wildman–Crippen MR) is 72.9 cm³/mol. The third-order valence-corrected chi connectivity index (χ3v) is 4.03. The van der Waals surface area contributed by atoms with E-state index in [1.54, 1.807) is 6.07 Å². The largest absolute Gasteiger partial charge is 0.433 e. The van der Waals surface area contributed by atoms with Gasteiger partial charge < -0.3 is 9.73 Å². The van der Waals surface area contributed by atoms with Gasteiger partial charge in [0, 0.05) is 6.04 Å². The molecule has 5 heteroatoms. The summed E-state index contributed by atoms with van der Waals surface area (Å²) in [4.78, 5) is 10.0. The topological polar surface area (TPSA) is 68.3 Å². The van der Waals surface area contributed by atoms with E-state index in [1.807, 2.05) is 0 Å². The highest BCUT2D eigenvalue weighted by Gasteiger charge is 2.19. The SMILES string of the molecule is C[C@@H](NCc1ccc([N+](=O)[O-])o1)C1CCCCCC1. The molecule has 0 saturated heterocycles. The van der Waals surface area contributed by atoms with Gasteiger partial charge in [-0.1, -0.05) is 25.7 Å². The molecule has 1 heterocycles. The van der Waals surface area contributed by atoms with Gasteiger partial charge in [0.2, 0.25) is 0 Å². The van der Waals surface area contributed by atoms with Gasteiger partial charge in [0.25, 0.3) is 0 Å². The summed E-state index contributed by atoms with van der Waals surface area (Å²) in [5.41, 5.74) is 0. The average Bonchev–Trinajstić information content (AvgIpc) is 2.70. The lowest BCUT2D eigenvalue weighted by Gasteiger charge is -2.23. The standard InChI is InChI=1S/C14H22N2O3/c1-11(12-6-4-2-3-5-7-12)15-10-13-8-9-14(19-13)16(17)18/h8-9,11-12,15H,2-7,10H2,1H3/t11-/m1/s1. The Bertz CT molecular complexity index is 409. The molecule has 0 unspecified atom stereocenters. The second-order valence-corrected chi connectivity index (χ2v) is 5.42. The van der Waals surface area contributed by atoms with Crippen LogP contribution in [0.25, 0.3) is 0 Å². The molecule has 1 aliphatic carbocycles. The first kappa shape index (κ1) is 14.1. The van der Waals surface area contributed by atoms with E-state index in [4.69, 9.17) is 4.42 Å². The van der Waals surface area contributed by atoms with Crippen LogP contribution in [0.4, 0.5) is 5.88 Å². The van der Waals surface area contributed by atoms with Crippen LogP contribution in [0.1, 0.15) is 51.2 Å². The molecule has 1 N–H and O–H groups in total. The molecule has 1 fully saturated rings. The van der Waals surface area contributed by atoms with Crippen molar-refractivity contribution in [2.75, 3.05) is 0 Å². The highest BCUT2D eigenvalue weighted by molar-refractivity contribution is 5.17. The maximum absolute atomic E-state index is 10.5. The molecule has 1 atom stereocenters. The fourth-order valence-electron chi connectivity index (χ4n) is 2.80. The zero-order valence-electron chi connectivity index (χ0n) is 11.4. The minimum Gasteiger partial charge on any atom is -0.404 e. The van der Waals surface area contributed by atoms with E-state index in [1.165, 1.54) is 44.6 Å². The van der Waals surface area contributed by atoms with E-state index in [-0.39, 0.29) is 5.88 Å². The molecule has 0 bridgehead atoms. The Balaban J connectivity index is 1.81. The van der Waals surface area contributed by atoms with E-state index < -0.39 is 4.92 Å². The highest BCUT2D eigenvalue weighted by Crippen LogP contribution is 2.25. The summed E-state index contributed by atoms with van der Waals surface area (Å²) in [7, 11) is 0. The second-order valence-electron chi connectivity index (χ2n) is 5.42. The molecule has 0 amide bonds. The first-order valence-electron chi connectivity index (χ1n) is 7.13. The summed E-state index contributed by atoms with van der Waals surface area (Å²) in [6, 6.07) is 3.51. The van der Waals surface area contributed by atoms with Gasteiger partial charge in [0.05, 0.1) is 12.6 Å². The molecule has 1 aromatic rings. The van der Waals surface area contributed by atoms with Crippen molar-refractivity contribution in [3.8, 4) is 0 Å². The fraction of sp³-hybridized carbons (Fsp3) is 0.714. The number of nitrogens with zero attached hydrogens (tertiary/aromatic N) is 1. The summed E-state index contributed by atoms with van der Waals surface area (Å²) in [5.74, 6) is 1.17. The lowest BCUT2D eigenvalue weighted by molar-refractivity contribution is -0.402. The van der Waals surface area contributed by atoms with Crippen molar-refractivity contribution in [2.24, 2.45) is 5.92 Å². The molecular formula is C14H22N2O3. The number of hydrogen-bond acceptors (Lipinski definition) is 4. The maximum atomic E-state index is 10.5. The number of furan rings is 1. The molecule has 106 valence electrons. The van der Waals surface area contributed by atoms with Crippen LogP contribution < -0.4 is 5.32 Å². The van der Waals surface area contributed by atoms with Crippen LogP contribution in [0.3, 0.4) is 0 Å². The van der Waals surface area contributed by atoms with Crippen molar-refractivity contribution in [3.63, 3.8) is 0 Å². The van der Waals surface area contributed by atoms with Crippen LogP contribution >= 0.6 is 0 Å². The van der Waals surface area contributed by atoms with Gasteiger partial charge in [-0.3, -0.25) is 10.1 Å². The quantitative estimate of drug-likeness (QED) is 0.502. The minimum atomic E-state index is -0.502. The number of rotatable bonds is 5. The van der Waals surface area contributed by atoms with Crippen molar-refractivity contribution in [1.82, 2.24) is 5.32 Å². The van der Waals surface area contributed by atoms with E-state index in [0.717, 1.165) is 0 Å². The van der Waals surface area contributed by atoms with Crippen LogP contribution in [0, 0.1) is 16.0 Å². The molecule has 2 rings (SSSR count). The predicted octanol–water partition coefficient (Wildman–Crippen LogP) is 3.64. The normalized spacial score (nSPS) is 19.0. The molecule has 0 aliphatic heterocycles. The Labute approximate surface area is 113 Å². The van der Waals surface area contributed by atoms with Gasteiger partial charge in [-0.05, 0) is 31.7 Å². The average molecular weight is 266 g/mol. The molecule has 1 saturated carbocycles. The highest BCUT2D eigenvalue weighted by atomic mass is 16.6. The summed E-state index contributed by atoms with van der Waals surface area (Å²) in [6.45, 7) is 2.76. The van der Waals surface area contributed by atoms with Crippen molar-refractivity contribution in [1.29, 1.82) is 0 Å². The zero-order chi connectivity index (χ0) is 13.7. The fourth-order valence-corrected chi connectivity index (χ4v) is 2.80. The maximum Gasteiger partial charge on any atom is 0.433 e. The van der Waals surface area contributed by atoms with Gasteiger partial charge in [-0.15, -0.1) is 0 Å². The second kappa shape index (κ2) is 6.70. The Hall–Kier alpha value is -1.36. The monoisotopic (exact) mass is 266 g/mol. The first-order valence-corrected chi connectivity index (χ1v) is 7.13. The van der Waals surface area contributed by atoms with E-state index in [9.17, 15) is 10.1 Å². The van der Waals surface area contributed by atoms with Crippen LogP contribution in [0.15, 0.2) is 16.5 Å². The zero-order valence-corrected chi connectivity index (χ0v) is 11.4. The molecule has 1 aromatic heterocycles. The molecule has 0 radical (unpaired) electrons. The number of hydrogen-bond donors (Lipinski definition) is 1. The van der Waals surface area contributed by atoms with Crippen LogP contribution in [-0.2, 0) is 6.54 Å². The molecular weight excluding hydrogens is 244 g/mol. The summed E-state index contributed by atoms with van der Waals surface area (Å²) >= 11 is 0. The summed E-state index contributed by atoms with van der Waals surface area (Å²) in [5, 5.41) is 14.0. The third kappa shape index (κ3) is 4.06. The number of nitrogens with one attached hydrogen (secondary N) is 1. The molecule has 5 nitrogen and oxygen atoms in total. The van der Waals surface area contributed by atoms with Gasteiger partial charge in [-0.2, -0.15) is 0 Å². The molecule has 19 heavy (non-hydrogen) atoms. The minimum absolute atomic E-state index is 0.182. The lowest BCUT2D eigenvalue weighted by atomic mass is 9.93. The third-order valence-electron chi connectivity index (χ3n) is 4.03. The Morgan fingerprint density at radius 1 is 1.37 bits per heavy atom. The molecule has 1 aliphatic rings. The van der Waals surface area contributed by atoms with Crippen molar-refractivity contribution >= 4 is 5.88 Å². The summed E-state index contributed by atoms with van der Waals surface area (Å²) < 4.78 is 5.15. The first-order chi connectivity index (χ1) is 9.16. The van der Waals surface area contributed by atoms with Crippen molar-refractivity contribution in [3.05, 3.63) is 28.0 Å². The molecule has 0 spiro atoms. The number of nitro groups is 1.